The van der Waals surface area contributed by atoms with E-state index >= 15 is 0 Å². The predicted octanol–water partition coefficient (Wildman–Crippen LogP) is 0.919. The maximum atomic E-state index is 11.7. The Bertz CT molecular complexity index is 421. The molecular formula is C11H16ClN3O2. The van der Waals surface area contributed by atoms with Crippen LogP contribution in [-0.2, 0) is 0 Å². The molecule has 0 aliphatic heterocycles. The second kappa shape index (κ2) is 5.75. The van der Waals surface area contributed by atoms with Gasteiger partial charge in [-0.1, -0.05) is 11.6 Å². The van der Waals surface area contributed by atoms with Gasteiger partial charge in [0.25, 0.3) is 5.91 Å². The summed E-state index contributed by atoms with van der Waals surface area (Å²) in [5.41, 5.74) is 5.87. The number of nitrogens with zero attached hydrogens (tertiary/aromatic N) is 1. The second-order valence-electron chi connectivity index (χ2n) is 3.95. The maximum Gasteiger partial charge on any atom is 0.255 e. The van der Waals surface area contributed by atoms with E-state index in [0.29, 0.717) is 6.54 Å². The minimum atomic E-state index is -0.369. The largest absolute Gasteiger partial charge is 0.507 e. The molecule has 0 atom stereocenters. The van der Waals surface area contributed by atoms with E-state index < -0.39 is 0 Å². The van der Waals surface area contributed by atoms with Crippen molar-refractivity contribution in [2.24, 2.45) is 0 Å². The Kier molecular flexibility index (Phi) is 4.60. The molecule has 0 saturated carbocycles. The van der Waals surface area contributed by atoms with Crippen LogP contribution in [0.25, 0.3) is 0 Å². The SMILES string of the molecule is CN(C)CCNC(=O)c1cc(Cl)c(N)cc1O. The van der Waals surface area contributed by atoms with Crippen LogP contribution in [0.15, 0.2) is 12.1 Å². The zero-order chi connectivity index (χ0) is 13.0. The standard InChI is InChI=1S/C11H16ClN3O2/c1-15(2)4-3-14-11(17)7-5-8(12)9(13)6-10(7)16/h5-6,16H,3-4,13H2,1-2H3,(H,14,17). The summed E-state index contributed by atoms with van der Waals surface area (Å²) in [6, 6.07) is 2.63. The Morgan fingerprint density at radius 2 is 2.18 bits per heavy atom. The smallest absolute Gasteiger partial charge is 0.255 e. The summed E-state index contributed by atoms with van der Waals surface area (Å²) in [7, 11) is 3.81. The fourth-order valence-corrected chi connectivity index (χ4v) is 1.41. The van der Waals surface area contributed by atoms with E-state index in [1.165, 1.54) is 12.1 Å². The Morgan fingerprint density at radius 1 is 1.53 bits per heavy atom. The van der Waals surface area contributed by atoms with Gasteiger partial charge in [0.1, 0.15) is 5.75 Å². The Hall–Kier alpha value is -1.46. The molecule has 0 heterocycles. The number of anilines is 1. The van der Waals surface area contributed by atoms with E-state index in [0.717, 1.165) is 6.54 Å². The normalized spacial score (nSPS) is 10.6. The Morgan fingerprint density at radius 3 is 2.76 bits per heavy atom. The zero-order valence-corrected chi connectivity index (χ0v) is 10.6. The summed E-state index contributed by atoms with van der Waals surface area (Å²) in [5, 5.41) is 12.5. The molecule has 1 aromatic rings. The van der Waals surface area contributed by atoms with Crippen LogP contribution in [-0.4, -0.2) is 43.1 Å². The molecule has 0 aliphatic carbocycles. The first kappa shape index (κ1) is 13.6. The molecule has 17 heavy (non-hydrogen) atoms. The topological polar surface area (TPSA) is 78.6 Å². The molecule has 4 N–H and O–H groups in total. The number of rotatable bonds is 4. The van der Waals surface area contributed by atoms with Crippen molar-refractivity contribution in [3.8, 4) is 5.75 Å². The Balaban J connectivity index is 2.72. The van der Waals surface area contributed by atoms with Crippen LogP contribution in [0.4, 0.5) is 5.69 Å². The number of hydrogen-bond acceptors (Lipinski definition) is 4. The monoisotopic (exact) mass is 257 g/mol. The van der Waals surface area contributed by atoms with Crippen molar-refractivity contribution < 1.29 is 9.90 Å². The van der Waals surface area contributed by atoms with Crippen LogP contribution in [0.5, 0.6) is 5.75 Å². The fourth-order valence-electron chi connectivity index (χ4n) is 1.25. The third-order valence-electron chi connectivity index (χ3n) is 2.20. The van der Waals surface area contributed by atoms with Crippen LogP contribution >= 0.6 is 11.6 Å². The van der Waals surface area contributed by atoms with E-state index in [1.807, 2.05) is 19.0 Å². The Labute approximate surface area is 105 Å². The van der Waals surface area contributed by atoms with Gasteiger partial charge >= 0.3 is 0 Å². The third kappa shape index (κ3) is 3.80. The van der Waals surface area contributed by atoms with E-state index in [9.17, 15) is 9.90 Å². The van der Waals surface area contributed by atoms with Gasteiger partial charge in [-0.3, -0.25) is 4.79 Å². The van der Waals surface area contributed by atoms with E-state index in [-0.39, 0.29) is 27.9 Å². The number of amides is 1. The number of benzene rings is 1. The molecule has 0 aliphatic rings. The molecule has 94 valence electrons. The lowest BCUT2D eigenvalue weighted by atomic mass is 10.1. The summed E-state index contributed by atoms with van der Waals surface area (Å²) < 4.78 is 0. The van der Waals surface area contributed by atoms with E-state index in [4.69, 9.17) is 17.3 Å². The predicted molar refractivity (Wildman–Crippen MR) is 68.4 cm³/mol. The number of likely N-dealkylation sites (N-methyl/N-ethyl adjacent to an activating group) is 1. The molecule has 0 saturated heterocycles. The van der Waals surface area contributed by atoms with Gasteiger partial charge in [0.15, 0.2) is 0 Å². The van der Waals surface area contributed by atoms with Crippen molar-refractivity contribution in [2.45, 2.75) is 0 Å². The van der Waals surface area contributed by atoms with Gasteiger partial charge < -0.3 is 21.1 Å². The molecule has 6 heteroatoms. The number of aromatic hydroxyl groups is 1. The van der Waals surface area contributed by atoms with Crippen molar-refractivity contribution in [3.05, 3.63) is 22.7 Å². The number of phenolic OH excluding ortho intramolecular Hbond substituents is 1. The molecule has 1 aromatic carbocycles. The van der Waals surface area contributed by atoms with Gasteiger partial charge in [0.05, 0.1) is 16.3 Å². The van der Waals surface area contributed by atoms with Gasteiger partial charge in [0, 0.05) is 19.2 Å². The van der Waals surface area contributed by atoms with Gasteiger partial charge in [-0.2, -0.15) is 0 Å². The highest BCUT2D eigenvalue weighted by Crippen LogP contribution is 2.27. The molecule has 0 unspecified atom stereocenters. The van der Waals surface area contributed by atoms with Crippen LogP contribution in [0.1, 0.15) is 10.4 Å². The lowest BCUT2D eigenvalue weighted by molar-refractivity contribution is 0.0948. The average molecular weight is 258 g/mol. The van der Waals surface area contributed by atoms with Crippen LogP contribution in [0.2, 0.25) is 5.02 Å². The molecule has 5 nitrogen and oxygen atoms in total. The first-order chi connectivity index (χ1) is 7.91. The van der Waals surface area contributed by atoms with Gasteiger partial charge in [-0.25, -0.2) is 0 Å². The molecule has 0 bridgehead atoms. The van der Waals surface area contributed by atoms with Crippen molar-refractivity contribution in [2.75, 3.05) is 32.9 Å². The maximum absolute atomic E-state index is 11.7. The fraction of sp³-hybridized carbons (Fsp3) is 0.364. The highest BCUT2D eigenvalue weighted by molar-refractivity contribution is 6.33. The molecule has 0 aromatic heterocycles. The minimum Gasteiger partial charge on any atom is -0.507 e. The summed E-state index contributed by atoms with van der Waals surface area (Å²) in [4.78, 5) is 13.7. The number of hydrogen-bond donors (Lipinski definition) is 3. The number of carbonyl (C=O) groups excluding carboxylic acids is 1. The van der Waals surface area contributed by atoms with Crippen molar-refractivity contribution in [1.29, 1.82) is 0 Å². The highest BCUT2D eigenvalue weighted by Gasteiger charge is 2.13. The van der Waals surface area contributed by atoms with Gasteiger partial charge in [-0.15, -0.1) is 0 Å². The summed E-state index contributed by atoms with van der Waals surface area (Å²) in [6.45, 7) is 1.21. The zero-order valence-electron chi connectivity index (χ0n) is 9.83. The summed E-state index contributed by atoms with van der Waals surface area (Å²) >= 11 is 5.79. The molecule has 1 amide bonds. The van der Waals surface area contributed by atoms with E-state index in [1.54, 1.807) is 0 Å². The summed E-state index contributed by atoms with van der Waals surface area (Å²) in [5.74, 6) is -0.541. The second-order valence-corrected chi connectivity index (χ2v) is 4.36. The van der Waals surface area contributed by atoms with Crippen molar-refractivity contribution in [1.82, 2.24) is 10.2 Å². The van der Waals surface area contributed by atoms with Crippen LogP contribution in [0, 0.1) is 0 Å². The first-order valence-corrected chi connectivity index (χ1v) is 5.50. The van der Waals surface area contributed by atoms with Gasteiger partial charge in [0.2, 0.25) is 0 Å². The number of halogens is 1. The van der Waals surface area contributed by atoms with Crippen molar-refractivity contribution in [3.63, 3.8) is 0 Å². The number of phenols is 1. The first-order valence-electron chi connectivity index (χ1n) is 5.12. The highest BCUT2D eigenvalue weighted by atomic mass is 35.5. The third-order valence-corrected chi connectivity index (χ3v) is 2.53. The lowest BCUT2D eigenvalue weighted by Gasteiger charge is -2.11. The molecule has 1 rings (SSSR count). The lowest BCUT2D eigenvalue weighted by Crippen LogP contribution is -2.31. The number of nitrogen functional groups attached to an aromatic ring is 1. The van der Waals surface area contributed by atoms with Crippen LogP contribution < -0.4 is 11.1 Å². The minimum absolute atomic E-state index is 0.128. The molecule has 0 fully saturated rings. The van der Waals surface area contributed by atoms with Gasteiger partial charge in [-0.05, 0) is 20.2 Å². The number of nitrogens with two attached hydrogens (primary N) is 1. The van der Waals surface area contributed by atoms with E-state index in [2.05, 4.69) is 5.32 Å². The average Bonchev–Trinajstić information content (AvgIpc) is 2.22. The summed E-state index contributed by atoms with van der Waals surface area (Å²) in [6.07, 6.45) is 0. The number of nitrogens with one attached hydrogen (secondary N) is 1. The van der Waals surface area contributed by atoms with Crippen molar-refractivity contribution >= 4 is 23.2 Å². The molecule has 0 spiro atoms. The molecule has 0 radical (unpaired) electrons. The van der Waals surface area contributed by atoms with Crippen LogP contribution in [0.3, 0.4) is 0 Å². The number of carbonyl (C=O) groups is 1. The quantitative estimate of drug-likeness (QED) is 0.701. The molecular weight excluding hydrogens is 242 g/mol.